The van der Waals surface area contributed by atoms with Crippen molar-refractivity contribution in [3.8, 4) is 0 Å². The van der Waals surface area contributed by atoms with Gasteiger partial charge in [-0.2, -0.15) is 0 Å². The van der Waals surface area contributed by atoms with E-state index < -0.39 is 0 Å². The maximum Gasteiger partial charge on any atom is 0.119 e. The minimum atomic E-state index is 0.423. The number of rotatable bonds is 3. The molecule has 0 N–H and O–H groups in total. The van der Waals surface area contributed by atoms with Gasteiger partial charge in [0.25, 0.3) is 0 Å². The van der Waals surface area contributed by atoms with Gasteiger partial charge in [0.1, 0.15) is 9.53 Å². The zero-order valence-electron chi connectivity index (χ0n) is 11.6. The Labute approximate surface area is 133 Å². The molecule has 0 unspecified atom stereocenters. The molecule has 2 bridgehead atoms. The lowest BCUT2D eigenvalue weighted by Gasteiger charge is -2.74. The highest BCUT2D eigenvalue weighted by atomic mass is 127. The van der Waals surface area contributed by atoms with Gasteiger partial charge in [0.05, 0.1) is 18.8 Å². The fraction of sp³-hybridized carbons (Fsp3) is 0.800. The first kappa shape index (κ1) is 12.4. The number of morpholine rings is 1. The Morgan fingerprint density at radius 1 is 1.15 bits per heavy atom. The summed E-state index contributed by atoms with van der Waals surface area (Å²) in [4.78, 5) is 7.49. The summed E-state index contributed by atoms with van der Waals surface area (Å²) in [6.07, 6.45) is 9.01. The molecule has 108 valence electrons. The summed E-state index contributed by atoms with van der Waals surface area (Å²) in [5.41, 5.74) is 0.937. The van der Waals surface area contributed by atoms with Crippen molar-refractivity contribution in [1.29, 1.82) is 0 Å². The van der Waals surface area contributed by atoms with Crippen LogP contribution in [0.25, 0.3) is 0 Å². The second-order valence-electron chi connectivity index (χ2n) is 7.14. The maximum atomic E-state index is 5.49. The van der Waals surface area contributed by atoms with E-state index in [2.05, 4.69) is 38.3 Å². The lowest BCUT2D eigenvalue weighted by Crippen LogP contribution is -2.79. The molecule has 2 heterocycles. The molecule has 1 aliphatic heterocycles. The van der Waals surface area contributed by atoms with Crippen molar-refractivity contribution in [3.05, 3.63) is 15.7 Å². The van der Waals surface area contributed by atoms with Gasteiger partial charge >= 0.3 is 0 Å². The van der Waals surface area contributed by atoms with E-state index in [1.54, 1.807) is 0 Å². The standard InChI is InChI=1S/C15H20IN3O/c16-12-7-19(13(17-12)11-1-2-11)15-8-14(9-15,10-15)18-3-5-20-6-4-18/h7,11H,1-6,8-10H2. The van der Waals surface area contributed by atoms with Crippen LogP contribution in [0, 0.1) is 3.70 Å². The average Bonchev–Trinajstić information content (AvgIpc) is 3.12. The van der Waals surface area contributed by atoms with Crippen LogP contribution >= 0.6 is 22.6 Å². The largest absolute Gasteiger partial charge is 0.379 e. The van der Waals surface area contributed by atoms with Crippen LogP contribution in [0.4, 0.5) is 0 Å². The summed E-state index contributed by atoms with van der Waals surface area (Å²) >= 11 is 2.37. The van der Waals surface area contributed by atoms with E-state index in [0.717, 1.165) is 32.2 Å². The molecule has 0 aromatic carbocycles. The normalized spacial score (nSPS) is 40.2. The number of hydrogen-bond donors (Lipinski definition) is 0. The number of aromatic nitrogens is 2. The topological polar surface area (TPSA) is 30.3 Å². The third-order valence-corrected chi connectivity index (χ3v) is 6.33. The van der Waals surface area contributed by atoms with Crippen LogP contribution < -0.4 is 0 Å². The smallest absolute Gasteiger partial charge is 0.119 e. The molecule has 20 heavy (non-hydrogen) atoms. The van der Waals surface area contributed by atoms with E-state index >= 15 is 0 Å². The van der Waals surface area contributed by atoms with Gasteiger partial charge in [-0.15, -0.1) is 0 Å². The van der Waals surface area contributed by atoms with Gasteiger partial charge in [-0.05, 0) is 54.7 Å². The van der Waals surface area contributed by atoms with E-state index in [1.165, 1.54) is 41.6 Å². The van der Waals surface area contributed by atoms with Crippen LogP contribution in [-0.2, 0) is 10.3 Å². The van der Waals surface area contributed by atoms with Crippen LogP contribution in [0.3, 0.4) is 0 Å². The van der Waals surface area contributed by atoms with Gasteiger partial charge < -0.3 is 9.30 Å². The molecular formula is C15H20IN3O. The molecule has 1 aromatic rings. The summed E-state index contributed by atoms with van der Waals surface area (Å²) in [6.45, 7) is 4.11. The fourth-order valence-electron chi connectivity index (χ4n) is 4.69. The lowest BCUT2D eigenvalue weighted by molar-refractivity contribution is -0.221. The molecule has 4 nitrogen and oxygen atoms in total. The molecule has 5 aliphatic rings. The first-order valence-electron chi connectivity index (χ1n) is 7.79. The molecule has 1 aromatic heterocycles. The van der Waals surface area contributed by atoms with Gasteiger partial charge in [0.2, 0.25) is 0 Å². The Balaban J connectivity index is 1.38. The minimum absolute atomic E-state index is 0.423. The first-order chi connectivity index (χ1) is 9.71. The molecule has 6 rings (SSSR count). The van der Waals surface area contributed by atoms with Crippen molar-refractivity contribution in [1.82, 2.24) is 14.5 Å². The van der Waals surface area contributed by atoms with E-state index in [4.69, 9.17) is 9.72 Å². The zero-order valence-corrected chi connectivity index (χ0v) is 13.8. The van der Waals surface area contributed by atoms with Crippen molar-refractivity contribution in [2.45, 2.75) is 49.1 Å². The highest BCUT2D eigenvalue weighted by Crippen LogP contribution is 2.68. The fourth-order valence-corrected chi connectivity index (χ4v) is 5.21. The second kappa shape index (κ2) is 3.98. The maximum absolute atomic E-state index is 5.49. The first-order valence-corrected chi connectivity index (χ1v) is 8.87. The summed E-state index contributed by atoms with van der Waals surface area (Å²) in [5.74, 6) is 2.14. The predicted molar refractivity (Wildman–Crippen MR) is 83.9 cm³/mol. The molecule has 4 saturated carbocycles. The number of imidazole rings is 1. The summed E-state index contributed by atoms with van der Waals surface area (Å²) in [6, 6.07) is 0. The van der Waals surface area contributed by atoms with E-state index in [9.17, 15) is 0 Å². The van der Waals surface area contributed by atoms with Crippen LogP contribution in [0.15, 0.2) is 6.20 Å². The van der Waals surface area contributed by atoms with Crippen LogP contribution in [0.2, 0.25) is 0 Å². The lowest BCUT2D eigenvalue weighted by atomic mass is 9.43. The predicted octanol–water partition coefficient (Wildman–Crippen LogP) is 2.33. The Kier molecular flexibility index (Phi) is 2.47. The average molecular weight is 385 g/mol. The molecule has 0 amide bonds. The van der Waals surface area contributed by atoms with Gasteiger partial charge in [-0.1, -0.05) is 0 Å². The monoisotopic (exact) mass is 385 g/mol. The molecular weight excluding hydrogens is 365 g/mol. The zero-order chi connectivity index (χ0) is 13.4. The van der Waals surface area contributed by atoms with Gasteiger partial charge in [0.15, 0.2) is 0 Å². The molecule has 5 heteroatoms. The van der Waals surface area contributed by atoms with Crippen molar-refractivity contribution < 1.29 is 4.74 Å². The van der Waals surface area contributed by atoms with Crippen molar-refractivity contribution in [3.63, 3.8) is 0 Å². The molecule has 0 spiro atoms. The Morgan fingerprint density at radius 3 is 2.50 bits per heavy atom. The van der Waals surface area contributed by atoms with Crippen molar-refractivity contribution in [2.75, 3.05) is 26.3 Å². The third-order valence-electron chi connectivity index (χ3n) is 5.81. The number of hydrogen-bond acceptors (Lipinski definition) is 3. The molecule has 1 saturated heterocycles. The molecule has 5 fully saturated rings. The quantitative estimate of drug-likeness (QED) is 0.749. The Hall–Kier alpha value is -0.140. The highest BCUT2D eigenvalue weighted by Gasteiger charge is 2.71. The van der Waals surface area contributed by atoms with Gasteiger partial charge in [-0.3, -0.25) is 4.90 Å². The van der Waals surface area contributed by atoms with Crippen LogP contribution in [-0.4, -0.2) is 46.3 Å². The Bertz CT molecular complexity index is 540. The summed E-state index contributed by atoms with van der Waals surface area (Å²) in [7, 11) is 0. The Morgan fingerprint density at radius 2 is 1.85 bits per heavy atom. The van der Waals surface area contributed by atoms with E-state index in [-0.39, 0.29) is 0 Å². The van der Waals surface area contributed by atoms with Gasteiger partial charge in [-0.25, -0.2) is 4.98 Å². The third kappa shape index (κ3) is 1.57. The van der Waals surface area contributed by atoms with E-state index in [1.807, 2.05) is 0 Å². The summed E-state index contributed by atoms with van der Waals surface area (Å²) in [5, 5.41) is 0. The van der Waals surface area contributed by atoms with Gasteiger partial charge in [0, 0.05) is 30.7 Å². The van der Waals surface area contributed by atoms with Crippen molar-refractivity contribution >= 4 is 22.6 Å². The number of ether oxygens (including phenoxy) is 1. The van der Waals surface area contributed by atoms with E-state index in [0.29, 0.717) is 11.1 Å². The minimum Gasteiger partial charge on any atom is -0.379 e. The number of halogens is 1. The van der Waals surface area contributed by atoms with Crippen LogP contribution in [0.1, 0.15) is 43.8 Å². The molecule has 0 radical (unpaired) electrons. The summed E-state index contributed by atoms with van der Waals surface area (Å²) < 4.78 is 9.23. The molecule has 0 atom stereocenters. The SMILES string of the molecule is Ic1cn(C23CC(N4CCOCC4)(C2)C3)c(C2CC2)n1. The van der Waals surface area contributed by atoms with Crippen molar-refractivity contribution in [2.24, 2.45) is 0 Å². The second-order valence-corrected chi connectivity index (χ2v) is 8.25. The highest BCUT2D eigenvalue weighted by molar-refractivity contribution is 14.1. The van der Waals surface area contributed by atoms with Crippen LogP contribution in [0.5, 0.6) is 0 Å². The molecule has 4 aliphatic carbocycles. The number of nitrogens with zero attached hydrogens (tertiary/aromatic N) is 3.